The second kappa shape index (κ2) is 7.24. The van der Waals surface area contributed by atoms with Crippen LogP contribution >= 0.6 is 11.6 Å². The minimum Gasteiger partial charge on any atom is -0.375 e. The van der Waals surface area contributed by atoms with Crippen LogP contribution in [0.25, 0.3) is 0 Å². The lowest BCUT2D eigenvalue weighted by Gasteiger charge is -2.15. The largest absolute Gasteiger partial charge is 0.375 e. The predicted octanol–water partition coefficient (Wildman–Crippen LogP) is 2.34. The van der Waals surface area contributed by atoms with Gasteiger partial charge < -0.3 is 15.8 Å². The molecule has 0 amide bonds. The molecule has 0 heterocycles. The fourth-order valence-corrected chi connectivity index (χ4v) is 1.74. The molecule has 0 spiro atoms. The zero-order valence-corrected chi connectivity index (χ0v) is 11.7. The number of hydrogen-bond acceptors (Lipinski definition) is 2. The molecule has 1 unspecified atom stereocenters. The van der Waals surface area contributed by atoms with Gasteiger partial charge in [0.25, 0.3) is 0 Å². The van der Waals surface area contributed by atoms with Gasteiger partial charge in [-0.05, 0) is 31.5 Å². The minimum absolute atomic E-state index is 0.142. The molecule has 100 valence electrons. The molecule has 18 heavy (non-hydrogen) atoms. The van der Waals surface area contributed by atoms with Crippen LogP contribution in [0.15, 0.2) is 29.3 Å². The molecule has 4 nitrogen and oxygen atoms in total. The number of ether oxygens (including phenoxy) is 1. The molecule has 3 N–H and O–H groups in total. The van der Waals surface area contributed by atoms with Gasteiger partial charge in [0.05, 0.1) is 6.54 Å². The Hall–Kier alpha value is -1.26. The highest BCUT2D eigenvalue weighted by molar-refractivity contribution is 6.30. The van der Waals surface area contributed by atoms with E-state index in [4.69, 9.17) is 22.1 Å². The van der Waals surface area contributed by atoms with Crippen molar-refractivity contribution < 1.29 is 4.74 Å². The minimum atomic E-state index is -0.142. The number of rotatable bonds is 5. The van der Waals surface area contributed by atoms with Gasteiger partial charge in [0, 0.05) is 18.2 Å². The maximum Gasteiger partial charge on any atom is 0.188 e. The first-order valence-electron chi connectivity index (χ1n) is 5.87. The summed E-state index contributed by atoms with van der Waals surface area (Å²) in [5, 5.41) is 3.72. The summed E-state index contributed by atoms with van der Waals surface area (Å²) < 4.78 is 5.40. The summed E-state index contributed by atoms with van der Waals surface area (Å²) in [4.78, 5) is 4.26. The first-order chi connectivity index (χ1) is 8.52. The molecule has 0 fully saturated rings. The van der Waals surface area contributed by atoms with Crippen LogP contribution in [0.2, 0.25) is 5.02 Å². The van der Waals surface area contributed by atoms with E-state index in [0.717, 1.165) is 5.56 Å². The van der Waals surface area contributed by atoms with Gasteiger partial charge in [-0.2, -0.15) is 0 Å². The molecule has 0 aliphatic heterocycles. The lowest BCUT2D eigenvalue weighted by molar-refractivity contribution is 0.111. The SMILES string of the molecule is COC(CN=C(N)NC(C)C)c1cccc(Cl)c1. The highest BCUT2D eigenvalue weighted by atomic mass is 35.5. The van der Waals surface area contributed by atoms with Crippen molar-refractivity contribution in [1.82, 2.24) is 5.32 Å². The normalized spacial score (nSPS) is 13.7. The van der Waals surface area contributed by atoms with Gasteiger partial charge in [-0.15, -0.1) is 0 Å². The Morgan fingerprint density at radius 3 is 2.78 bits per heavy atom. The quantitative estimate of drug-likeness (QED) is 0.637. The molecule has 0 aromatic heterocycles. The van der Waals surface area contributed by atoms with Gasteiger partial charge in [-0.25, -0.2) is 0 Å². The number of nitrogens with one attached hydrogen (secondary N) is 1. The molecule has 0 saturated carbocycles. The Morgan fingerprint density at radius 1 is 1.50 bits per heavy atom. The Morgan fingerprint density at radius 2 is 2.22 bits per heavy atom. The lowest BCUT2D eigenvalue weighted by Crippen LogP contribution is -2.37. The summed E-state index contributed by atoms with van der Waals surface area (Å²) in [5.41, 5.74) is 6.73. The molecular weight excluding hydrogens is 250 g/mol. The number of halogens is 1. The van der Waals surface area contributed by atoms with Crippen LogP contribution in [0.1, 0.15) is 25.5 Å². The molecule has 5 heteroatoms. The van der Waals surface area contributed by atoms with Crippen molar-refractivity contribution in [3.63, 3.8) is 0 Å². The highest BCUT2D eigenvalue weighted by Gasteiger charge is 2.10. The van der Waals surface area contributed by atoms with Crippen LogP contribution in [0, 0.1) is 0 Å². The van der Waals surface area contributed by atoms with Gasteiger partial charge in [0.15, 0.2) is 5.96 Å². The number of hydrogen-bond donors (Lipinski definition) is 2. The molecule has 0 aliphatic rings. The van der Waals surface area contributed by atoms with E-state index >= 15 is 0 Å². The first kappa shape index (κ1) is 14.8. The van der Waals surface area contributed by atoms with Crippen LogP contribution in [-0.2, 0) is 4.74 Å². The molecule has 1 atom stereocenters. The molecule has 0 saturated heterocycles. The van der Waals surface area contributed by atoms with Gasteiger partial charge in [-0.1, -0.05) is 23.7 Å². The Balaban J connectivity index is 2.68. The number of aliphatic imine (C=N–C) groups is 1. The first-order valence-corrected chi connectivity index (χ1v) is 6.25. The van der Waals surface area contributed by atoms with Gasteiger partial charge in [0.2, 0.25) is 0 Å². The molecule has 0 radical (unpaired) electrons. The summed E-state index contributed by atoms with van der Waals surface area (Å²) in [6, 6.07) is 7.82. The maximum absolute atomic E-state index is 5.95. The van der Waals surface area contributed by atoms with Gasteiger partial charge in [0.1, 0.15) is 6.10 Å². The summed E-state index contributed by atoms with van der Waals surface area (Å²) in [5.74, 6) is 0.425. The average Bonchev–Trinajstić information content (AvgIpc) is 2.29. The van der Waals surface area contributed by atoms with Crippen molar-refractivity contribution >= 4 is 17.6 Å². The zero-order chi connectivity index (χ0) is 13.5. The summed E-state index contributed by atoms with van der Waals surface area (Å²) in [6.45, 7) is 4.47. The third-order valence-corrected chi connectivity index (χ3v) is 2.60. The standard InChI is InChI=1S/C13H20ClN3O/c1-9(2)17-13(15)16-8-12(18-3)10-5-4-6-11(14)7-10/h4-7,9,12H,8H2,1-3H3,(H3,15,16,17). The van der Waals surface area contributed by atoms with Crippen LogP contribution in [0.3, 0.4) is 0 Å². The summed E-state index contributed by atoms with van der Waals surface area (Å²) in [6.07, 6.45) is -0.142. The Bertz CT molecular complexity index is 407. The maximum atomic E-state index is 5.95. The molecule has 0 bridgehead atoms. The molecule has 1 aromatic carbocycles. The number of benzene rings is 1. The highest BCUT2D eigenvalue weighted by Crippen LogP contribution is 2.20. The fourth-order valence-electron chi connectivity index (χ4n) is 1.55. The predicted molar refractivity (Wildman–Crippen MR) is 76.0 cm³/mol. The van der Waals surface area contributed by atoms with E-state index in [9.17, 15) is 0 Å². The van der Waals surface area contributed by atoms with Crippen molar-refractivity contribution in [3.8, 4) is 0 Å². The van der Waals surface area contributed by atoms with E-state index < -0.39 is 0 Å². The van der Waals surface area contributed by atoms with Crippen LogP contribution in [0.4, 0.5) is 0 Å². The third-order valence-electron chi connectivity index (χ3n) is 2.37. The van der Waals surface area contributed by atoms with Gasteiger partial charge in [-0.3, -0.25) is 4.99 Å². The van der Waals surface area contributed by atoms with Crippen molar-refractivity contribution in [2.45, 2.75) is 26.0 Å². The molecular formula is C13H20ClN3O. The second-order valence-electron chi connectivity index (χ2n) is 4.30. The number of methoxy groups -OCH3 is 1. The van der Waals surface area contributed by atoms with E-state index in [1.54, 1.807) is 7.11 Å². The van der Waals surface area contributed by atoms with Crippen molar-refractivity contribution in [2.75, 3.05) is 13.7 Å². The summed E-state index contributed by atoms with van der Waals surface area (Å²) >= 11 is 5.95. The Kier molecular flexibility index (Phi) is 5.95. The summed E-state index contributed by atoms with van der Waals surface area (Å²) in [7, 11) is 1.65. The van der Waals surface area contributed by atoms with Crippen LogP contribution in [0.5, 0.6) is 0 Å². The molecule has 1 rings (SSSR count). The van der Waals surface area contributed by atoms with Crippen molar-refractivity contribution in [2.24, 2.45) is 10.7 Å². The third kappa shape index (κ3) is 4.94. The fraction of sp³-hybridized carbons (Fsp3) is 0.462. The average molecular weight is 270 g/mol. The van der Waals surface area contributed by atoms with E-state index in [2.05, 4.69) is 10.3 Å². The molecule has 1 aromatic rings. The lowest BCUT2D eigenvalue weighted by atomic mass is 10.1. The van der Waals surface area contributed by atoms with E-state index in [1.165, 1.54) is 0 Å². The van der Waals surface area contributed by atoms with E-state index in [-0.39, 0.29) is 12.1 Å². The number of nitrogens with zero attached hydrogens (tertiary/aromatic N) is 1. The van der Waals surface area contributed by atoms with Crippen molar-refractivity contribution in [1.29, 1.82) is 0 Å². The van der Waals surface area contributed by atoms with Gasteiger partial charge >= 0.3 is 0 Å². The van der Waals surface area contributed by atoms with E-state index in [0.29, 0.717) is 17.5 Å². The van der Waals surface area contributed by atoms with Crippen LogP contribution in [-0.4, -0.2) is 25.7 Å². The second-order valence-corrected chi connectivity index (χ2v) is 4.74. The van der Waals surface area contributed by atoms with Crippen molar-refractivity contribution in [3.05, 3.63) is 34.9 Å². The smallest absolute Gasteiger partial charge is 0.188 e. The number of guanidine groups is 1. The number of nitrogens with two attached hydrogens (primary N) is 1. The monoisotopic (exact) mass is 269 g/mol. The molecule has 0 aliphatic carbocycles. The Labute approximate surface area is 113 Å². The zero-order valence-electron chi connectivity index (χ0n) is 11.0. The topological polar surface area (TPSA) is 59.6 Å². The van der Waals surface area contributed by atoms with Crippen LogP contribution < -0.4 is 11.1 Å². The van der Waals surface area contributed by atoms with E-state index in [1.807, 2.05) is 38.1 Å².